The molecule has 2 aromatic rings. The highest BCUT2D eigenvalue weighted by atomic mass is 16.3. The van der Waals surface area contributed by atoms with Crippen LogP contribution in [0.4, 0.5) is 11.6 Å². The molecule has 0 saturated heterocycles. The number of nitrogen functional groups attached to an aromatic ring is 1. The van der Waals surface area contributed by atoms with Crippen LogP contribution in [0.3, 0.4) is 0 Å². The van der Waals surface area contributed by atoms with Crippen LogP contribution in [-0.4, -0.2) is 27.7 Å². The van der Waals surface area contributed by atoms with E-state index in [9.17, 15) is 9.90 Å². The van der Waals surface area contributed by atoms with Crippen LogP contribution in [0.5, 0.6) is 0 Å². The minimum Gasteiger partial charge on any atom is -0.399 e. The van der Waals surface area contributed by atoms with E-state index < -0.39 is 0 Å². The first-order valence-electron chi connectivity index (χ1n) is 7.34. The minimum absolute atomic E-state index is 0.151. The summed E-state index contributed by atoms with van der Waals surface area (Å²) >= 11 is 0. The lowest BCUT2D eigenvalue weighted by molar-refractivity contribution is 0.178. The fourth-order valence-corrected chi connectivity index (χ4v) is 3.02. The highest BCUT2D eigenvalue weighted by Crippen LogP contribution is 2.26. The second-order valence-corrected chi connectivity index (χ2v) is 5.67. The second-order valence-electron chi connectivity index (χ2n) is 5.67. The summed E-state index contributed by atoms with van der Waals surface area (Å²) in [5.74, 6) is 0.675. The molecule has 1 saturated carbocycles. The lowest BCUT2D eigenvalue weighted by atomic mass is 9.85. The Bertz CT molecular complexity index is 698. The Hall–Kier alpha value is -2.08. The van der Waals surface area contributed by atoms with Crippen molar-refractivity contribution in [2.45, 2.75) is 31.7 Å². The number of fused-ring (bicyclic) bond motifs is 1. The van der Waals surface area contributed by atoms with Crippen LogP contribution in [0.25, 0.3) is 10.9 Å². The largest absolute Gasteiger partial charge is 0.399 e. The summed E-state index contributed by atoms with van der Waals surface area (Å²) in [5, 5.41) is 13.2. The van der Waals surface area contributed by atoms with E-state index in [1.165, 1.54) is 0 Å². The van der Waals surface area contributed by atoms with Gasteiger partial charge in [0.1, 0.15) is 0 Å². The Balaban J connectivity index is 1.90. The van der Waals surface area contributed by atoms with Gasteiger partial charge in [-0.1, -0.05) is 12.8 Å². The monoisotopic (exact) mass is 288 g/mol. The zero-order valence-corrected chi connectivity index (χ0v) is 11.8. The smallest absolute Gasteiger partial charge is 0.260 e. The summed E-state index contributed by atoms with van der Waals surface area (Å²) in [5.41, 5.74) is 6.65. The number of nitrogens with zero attached hydrogens (tertiary/aromatic N) is 1. The van der Waals surface area contributed by atoms with E-state index in [0.717, 1.165) is 25.7 Å². The predicted molar refractivity (Wildman–Crippen MR) is 83.2 cm³/mol. The van der Waals surface area contributed by atoms with Crippen molar-refractivity contribution in [3.05, 3.63) is 28.6 Å². The maximum absolute atomic E-state index is 12.1. The fraction of sp³-hybridized carbons (Fsp3) is 0.467. The van der Waals surface area contributed by atoms with Crippen LogP contribution in [0.15, 0.2) is 23.0 Å². The molecule has 1 aliphatic rings. The number of aromatic amines is 1. The number of nitrogens with two attached hydrogens (primary N) is 1. The molecule has 6 nitrogen and oxygen atoms in total. The number of H-pyrrole nitrogens is 1. The van der Waals surface area contributed by atoms with E-state index in [4.69, 9.17) is 5.73 Å². The second kappa shape index (κ2) is 5.73. The first kappa shape index (κ1) is 13.9. The molecule has 3 rings (SSSR count). The third kappa shape index (κ3) is 2.85. The van der Waals surface area contributed by atoms with Crippen molar-refractivity contribution in [2.24, 2.45) is 5.92 Å². The standard InChI is InChI=1S/C15H20N4O2/c16-10-5-6-13-11(7-10)14(21)19-15(18-13)17-12-4-2-1-3-9(12)8-20/h5-7,9,12,20H,1-4,8,16H2,(H2,17,18,19,21). The van der Waals surface area contributed by atoms with Crippen LogP contribution in [0.2, 0.25) is 0 Å². The predicted octanol–water partition coefficient (Wildman–Crippen LogP) is 1.47. The molecule has 1 aromatic carbocycles. The molecule has 6 heteroatoms. The summed E-state index contributed by atoms with van der Waals surface area (Å²) < 4.78 is 0. The van der Waals surface area contributed by atoms with E-state index >= 15 is 0 Å². The number of anilines is 2. The van der Waals surface area contributed by atoms with Gasteiger partial charge in [0.2, 0.25) is 5.95 Å². The maximum atomic E-state index is 12.1. The topological polar surface area (TPSA) is 104 Å². The van der Waals surface area contributed by atoms with Crippen molar-refractivity contribution in [1.29, 1.82) is 0 Å². The van der Waals surface area contributed by atoms with E-state index in [1.807, 2.05) is 0 Å². The third-order valence-electron chi connectivity index (χ3n) is 4.20. The lowest BCUT2D eigenvalue weighted by Gasteiger charge is -2.31. The van der Waals surface area contributed by atoms with Crippen molar-refractivity contribution in [1.82, 2.24) is 9.97 Å². The lowest BCUT2D eigenvalue weighted by Crippen LogP contribution is -2.35. The van der Waals surface area contributed by atoms with Gasteiger partial charge in [0.25, 0.3) is 5.56 Å². The molecule has 0 aliphatic heterocycles. The third-order valence-corrected chi connectivity index (χ3v) is 4.20. The quantitative estimate of drug-likeness (QED) is 0.640. The molecule has 112 valence electrons. The van der Waals surface area contributed by atoms with Gasteiger partial charge in [-0.3, -0.25) is 9.78 Å². The SMILES string of the molecule is Nc1ccc2nc(NC3CCCCC3CO)[nH]c(=O)c2c1. The number of rotatable bonds is 3. The number of nitrogens with one attached hydrogen (secondary N) is 2. The Labute approximate surface area is 122 Å². The Kier molecular flexibility index (Phi) is 3.79. The van der Waals surface area contributed by atoms with Crippen LogP contribution in [0.1, 0.15) is 25.7 Å². The fourth-order valence-electron chi connectivity index (χ4n) is 3.02. The Morgan fingerprint density at radius 3 is 3.00 bits per heavy atom. The molecule has 2 unspecified atom stereocenters. The summed E-state index contributed by atoms with van der Waals surface area (Å²) in [6.45, 7) is 0.159. The number of hydrogen-bond donors (Lipinski definition) is 4. The van der Waals surface area contributed by atoms with E-state index in [1.54, 1.807) is 18.2 Å². The first-order valence-corrected chi connectivity index (χ1v) is 7.34. The van der Waals surface area contributed by atoms with Crippen LogP contribution >= 0.6 is 0 Å². The average Bonchev–Trinajstić information content (AvgIpc) is 2.49. The van der Waals surface area contributed by atoms with Crippen molar-refractivity contribution in [3.63, 3.8) is 0 Å². The molecule has 1 heterocycles. The Morgan fingerprint density at radius 2 is 2.19 bits per heavy atom. The number of aromatic nitrogens is 2. The highest BCUT2D eigenvalue weighted by Gasteiger charge is 2.24. The molecule has 2 atom stereocenters. The number of aliphatic hydroxyl groups is 1. The number of hydrogen-bond acceptors (Lipinski definition) is 5. The van der Waals surface area contributed by atoms with Gasteiger partial charge >= 0.3 is 0 Å². The molecule has 1 fully saturated rings. The minimum atomic E-state index is -0.203. The highest BCUT2D eigenvalue weighted by molar-refractivity contribution is 5.81. The van der Waals surface area contributed by atoms with Crippen LogP contribution in [0, 0.1) is 5.92 Å². The molecular formula is C15H20N4O2. The first-order chi connectivity index (χ1) is 10.2. The van der Waals surface area contributed by atoms with Gasteiger partial charge < -0.3 is 16.2 Å². The van der Waals surface area contributed by atoms with Crippen molar-refractivity contribution >= 4 is 22.5 Å². The Morgan fingerprint density at radius 1 is 1.38 bits per heavy atom. The molecule has 0 spiro atoms. The molecule has 0 amide bonds. The van der Waals surface area contributed by atoms with Gasteiger partial charge in [0, 0.05) is 24.3 Å². The van der Waals surface area contributed by atoms with E-state index in [2.05, 4.69) is 15.3 Å². The molecule has 5 N–H and O–H groups in total. The molecule has 1 aromatic heterocycles. The molecule has 0 radical (unpaired) electrons. The normalized spacial score (nSPS) is 22.3. The summed E-state index contributed by atoms with van der Waals surface area (Å²) in [6.07, 6.45) is 4.25. The van der Waals surface area contributed by atoms with Gasteiger partial charge in [-0.25, -0.2) is 4.98 Å². The maximum Gasteiger partial charge on any atom is 0.260 e. The molecule has 0 bridgehead atoms. The summed E-state index contributed by atoms with van der Waals surface area (Å²) in [7, 11) is 0. The molecule has 21 heavy (non-hydrogen) atoms. The van der Waals surface area contributed by atoms with E-state index in [-0.39, 0.29) is 24.1 Å². The van der Waals surface area contributed by atoms with Crippen LogP contribution < -0.4 is 16.6 Å². The number of benzene rings is 1. The van der Waals surface area contributed by atoms with Gasteiger partial charge in [-0.15, -0.1) is 0 Å². The van der Waals surface area contributed by atoms with E-state index in [0.29, 0.717) is 22.5 Å². The summed E-state index contributed by atoms with van der Waals surface area (Å²) in [6, 6.07) is 5.26. The van der Waals surface area contributed by atoms with Crippen molar-refractivity contribution in [3.8, 4) is 0 Å². The molecule has 1 aliphatic carbocycles. The number of aliphatic hydroxyl groups excluding tert-OH is 1. The van der Waals surface area contributed by atoms with Gasteiger partial charge in [0.05, 0.1) is 10.9 Å². The van der Waals surface area contributed by atoms with Gasteiger partial charge in [0.15, 0.2) is 0 Å². The van der Waals surface area contributed by atoms with Gasteiger partial charge in [-0.2, -0.15) is 0 Å². The van der Waals surface area contributed by atoms with Crippen LogP contribution in [-0.2, 0) is 0 Å². The zero-order valence-electron chi connectivity index (χ0n) is 11.8. The van der Waals surface area contributed by atoms with Crippen molar-refractivity contribution < 1.29 is 5.11 Å². The molecular weight excluding hydrogens is 268 g/mol. The zero-order chi connectivity index (χ0) is 14.8. The average molecular weight is 288 g/mol. The van der Waals surface area contributed by atoms with Crippen molar-refractivity contribution in [2.75, 3.05) is 17.7 Å². The van der Waals surface area contributed by atoms with Gasteiger partial charge in [-0.05, 0) is 31.0 Å². The summed E-state index contributed by atoms with van der Waals surface area (Å²) in [4.78, 5) is 19.3.